The molecule has 1 saturated heterocycles. The molecule has 0 amide bonds. The van der Waals surface area contributed by atoms with Crippen LogP contribution in [-0.2, 0) is 14.2 Å². The predicted molar refractivity (Wildman–Crippen MR) is 109 cm³/mol. The van der Waals surface area contributed by atoms with Crippen LogP contribution in [0.4, 0.5) is 11.8 Å². The Balaban J connectivity index is 1.30. The normalized spacial score (nSPS) is 18.7. The highest BCUT2D eigenvalue weighted by Gasteiger charge is 2.21. The van der Waals surface area contributed by atoms with E-state index in [2.05, 4.69) is 31.5 Å². The first-order chi connectivity index (χ1) is 14.9. The lowest BCUT2D eigenvalue weighted by atomic mass is 10.0. The van der Waals surface area contributed by atoms with E-state index in [0.717, 1.165) is 42.9 Å². The first-order valence-electron chi connectivity index (χ1n) is 9.85. The number of hydrogen-bond donors (Lipinski definition) is 1. The summed E-state index contributed by atoms with van der Waals surface area (Å²) < 4.78 is 22.6. The highest BCUT2D eigenvalue weighted by Crippen LogP contribution is 2.30. The first kappa shape index (κ1) is 18.4. The van der Waals surface area contributed by atoms with E-state index in [1.54, 1.807) is 12.5 Å². The summed E-state index contributed by atoms with van der Waals surface area (Å²) in [7, 11) is 0. The molecule has 2 aliphatic heterocycles. The molecular formula is C21H21N5O4. The number of hydrogen-bond acceptors (Lipinski definition) is 9. The van der Waals surface area contributed by atoms with E-state index in [4.69, 9.17) is 18.6 Å². The van der Waals surface area contributed by atoms with Crippen LogP contribution in [0.15, 0.2) is 70.7 Å². The molecule has 9 nitrogen and oxygen atoms in total. The van der Waals surface area contributed by atoms with Crippen molar-refractivity contribution in [3.05, 3.63) is 66.3 Å². The van der Waals surface area contributed by atoms with E-state index in [1.807, 2.05) is 24.3 Å². The quantitative estimate of drug-likeness (QED) is 0.800. The van der Waals surface area contributed by atoms with E-state index in [0.29, 0.717) is 30.7 Å². The van der Waals surface area contributed by atoms with Crippen LogP contribution in [0.5, 0.6) is 0 Å². The Morgan fingerprint density at radius 3 is 2.90 bits per heavy atom. The van der Waals surface area contributed by atoms with Crippen LogP contribution in [0.3, 0.4) is 0 Å². The van der Waals surface area contributed by atoms with Gasteiger partial charge in [-0.15, -0.1) is 5.10 Å². The molecule has 3 aliphatic rings. The maximum atomic E-state index is 5.89. The van der Waals surface area contributed by atoms with Crippen LogP contribution in [-0.4, -0.2) is 41.5 Å². The van der Waals surface area contributed by atoms with Crippen molar-refractivity contribution in [3.63, 3.8) is 0 Å². The van der Waals surface area contributed by atoms with E-state index < -0.39 is 0 Å². The van der Waals surface area contributed by atoms with E-state index in [-0.39, 0.29) is 6.01 Å². The van der Waals surface area contributed by atoms with Gasteiger partial charge >= 0.3 is 6.01 Å². The van der Waals surface area contributed by atoms with Crippen molar-refractivity contribution in [1.29, 1.82) is 0 Å². The topological polar surface area (TPSA) is 94.8 Å². The molecule has 154 valence electrons. The van der Waals surface area contributed by atoms with Gasteiger partial charge in [0.05, 0.1) is 18.8 Å². The average Bonchev–Trinajstić information content (AvgIpc) is 3.29. The van der Waals surface area contributed by atoms with Gasteiger partial charge in [0.15, 0.2) is 12.0 Å². The van der Waals surface area contributed by atoms with Gasteiger partial charge in [-0.2, -0.15) is 0 Å². The monoisotopic (exact) mass is 407 g/mol. The number of aromatic nitrogens is 3. The van der Waals surface area contributed by atoms with Gasteiger partial charge in [-0.1, -0.05) is 23.3 Å². The maximum absolute atomic E-state index is 5.89. The van der Waals surface area contributed by atoms with Gasteiger partial charge in [0.1, 0.15) is 12.1 Å². The third-order valence-electron chi connectivity index (χ3n) is 4.88. The summed E-state index contributed by atoms with van der Waals surface area (Å²) in [6, 6.07) is 3.97. The number of rotatable bonds is 5. The van der Waals surface area contributed by atoms with Crippen LogP contribution >= 0.6 is 0 Å². The molecule has 0 unspecified atom stereocenters. The van der Waals surface area contributed by atoms with E-state index in [9.17, 15) is 0 Å². The number of allylic oxidation sites excluding steroid dienone is 4. The fourth-order valence-electron chi connectivity index (χ4n) is 3.41. The zero-order chi connectivity index (χ0) is 20.2. The Morgan fingerprint density at radius 1 is 1.10 bits per heavy atom. The molecule has 0 aromatic carbocycles. The highest BCUT2D eigenvalue weighted by atomic mass is 16.6. The molecule has 1 aliphatic carbocycles. The molecule has 2 aromatic heterocycles. The van der Waals surface area contributed by atoms with Crippen LogP contribution in [0.25, 0.3) is 11.5 Å². The van der Waals surface area contributed by atoms with Crippen molar-refractivity contribution in [3.8, 4) is 11.5 Å². The van der Waals surface area contributed by atoms with Gasteiger partial charge in [0.2, 0.25) is 5.88 Å². The van der Waals surface area contributed by atoms with Crippen LogP contribution in [0, 0.1) is 0 Å². The minimum atomic E-state index is 0.204. The molecule has 0 atom stereocenters. The number of nitrogens with zero attached hydrogens (tertiary/aromatic N) is 4. The van der Waals surface area contributed by atoms with Crippen LogP contribution in [0.2, 0.25) is 0 Å². The van der Waals surface area contributed by atoms with Gasteiger partial charge in [-0.25, -0.2) is 4.98 Å². The number of morpholine rings is 1. The Labute approximate surface area is 173 Å². The minimum Gasteiger partial charge on any atom is -0.463 e. The summed E-state index contributed by atoms with van der Waals surface area (Å²) in [5.74, 6) is 2.21. The summed E-state index contributed by atoms with van der Waals surface area (Å²) >= 11 is 0. The fraction of sp³-hybridized carbons (Fsp3) is 0.286. The number of anilines is 2. The molecule has 0 spiro atoms. The van der Waals surface area contributed by atoms with Gasteiger partial charge < -0.3 is 23.5 Å². The first-order valence-corrected chi connectivity index (χ1v) is 9.85. The molecular weight excluding hydrogens is 386 g/mol. The molecule has 0 radical (unpaired) electrons. The molecule has 1 N–H and O–H groups in total. The standard InChI is InChI=1S/C21H21N5O4/c1-2-5-15(6-3-1)17-13-28-14-18(29-17)23-21-25-24-20(30-21)16-7-4-8-22-19(16)26-9-11-27-12-10-26/h1-2,4-5,7-8,13-14H,3,6,9-12H2,(H,23,25). The lowest BCUT2D eigenvalue weighted by Crippen LogP contribution is -2.37. The predicted octanol–water partition coefficient (Wildman–Crippen LogP) is 3.34. The summed E-state index contributed by atoms with van der Waals surface area (Å²) in [4.78, 5) is 6.67. The highest BCUT2D eigenvalue weighted by molar-refractivity contribution is 5.70. The van der Waals surface area contributed by atoms with Gasteiger partial charge in [0.25, 0.3) is 5.89 Å². The second-order valence-corrected chi connectivity index (χ2v) is 6.87. The summed E-state index contributed by atoms with van der Waals surface area (Å²) in [6.45, 7) is 2.86. The number of pyridine rings is 1. The fourth-order valence-corrected chi connectivity index (χ4v) is 3.41. The van der Waals surface area contributed by atoms with Crippen LogP contribution in [0.1, 0.15) is 12.8 Å². The van der Waals surface area contributed by atoms with E-state index >= 15 is 0 Å². The zero-order valence-electron chi connectivity index (χ0n) is 16.3. The summed E-state index contributed by atoms with van der Waals surface area (Å²) in [5, 5.41) is 11.2. The largest absolute Gasteiger partial charge is 0.463 e. The SMILES string of the molecule is C1=CCCC(C2=COC=C(Nc3nnc(-c4cccnc4N4CCOCC4)o3)O2)=C1. The third kappa shape index (κ3) is 3.92. The van der Waals surface area contributed by atoms with Crippen molar-refractivity contribution >= 4 is 11.8 Å². The Kier molecular flexibility index (Phi) is 5.17. The molecule has 4 heterocycles. The second kappa shape index (κ2) is 8.42. The Bertz CT molecular complexity index is 1030. The molecule has 0 saturated carbocycles. The van der Waals surface area contributed by atoms with Crippen LogP contribution < -0.4 is 10.2 Å². The van der Waals surface area contributed by atoms with Crippen molar-refractivity contribution in [1.82, 2.24) is 15.2 Å². The van der Waals surface area contributed by atoms with Gasteiger partial charge in [-0.05, 0) is 30.5 Å². The molecule has 2 aromatic rings. The third-order valence-corrected chi connectivity index (χ3v) is 4.88. The Hall–Kier alpha value is -3.59. The maximum Gasteiger partial charge on any atom is 0.322 e. The smallest absolute Gasteiger partial charge is 0.322 e. The molecule has 5 rings (SSSR count). The molecule has 1 fully saturated rings. The van der Waals surface area contributed by atoms with E-state index in [1.165, 1.54) is 6.26 Å². The number of nitrogens with one attached hydrogen (secondary N) is 1. The van der Waals surface area contributed by atoms with Crippen molar-refractivity contribution in [2.75, 3.05) is 36.5 Å². The molecule has 0 bridgehead atoms. The lowest BCUT2D eigenvalue weighted by molar-refractivity contribution is 0.122. The molecule has 9 heteroatoms. The van der Waals surface area contributed by atoms with Gasteiger partial charge in [-0.3, -0.25) is 5.32 Å². The van der Waals surface area contributed by atoms with Crippen molar-refractivity contribution in [2.45, 2.75) is 12.8 Å². The molecule has 30 heavy (non-hydrogen) atoms. The zero-order valence-corrected chi connectivity index (χ0v) is 16.3. The average molecular weight is 407 g/mol. The summed E-state index contributed by atoms with van der Waals surface area (Å²) in [6.07, 6.45) is 12.8. The van der Waals surface area contributed by atoms with Gasteiger partial charge in [0, 0.05) is 19.3 Å². The van der Waals surface area contributed by atoms with Crippen molar-refractivity contribution < 1.29 is 18.6 Å². The minimum absolute atomic E-state index is 0.204. The summed E-state index contributed by atoms with van der Waals surface area (Å²) in [5.41, 5.74) is 1.84. The number of ether oxygens (including phenoxy) is 3. The lowest BCUT2D eigenvalue weighted by Gasteiger charge is -2.28. The Morgan fingerprint density at radius 2 is 2.03 bits per heavy atom. The second-order valence-electron chi connectivity index (χ2n) is 6.87. The van der Waals surface area contributed by atoms with Crippen molar-refractivity contribution in [2.24, 2.45) is 0 Å².